The Bertz CT molecular complexity index is 1010. The summed E-state index contributed by atoms with van der Waals surface area (Å²) in [5, 5.41) is 11.0. The highest BCUT2D eigenvalue weighted by molar-refractivity contribution is 7.89. The number of hydrogen-bond donors (Lipinski definition) is 3. The molecular formula is C20H25N5O4S. The van der Waals surface area contributed by atoms with Crippen LogP contribution in [0, 0.1) is 5.92 Å². The van der Waals surface area contributed by atoms with E-state index in [-0.39, 0.29) is 16.5 Å². The van der Waals surface area contributed by atoms with E-state index in [2.05, 4.69) is 20.6 Å². The number of benzene rings is 1. The Balaban J connectivity index is 1.23. The zero-order chi connectivity index (χ0) is 21.4. The standard InChI is InChI=1S/C20H25N5O4S/c1-20(6-7-20)25-19(26)29-12-13-8-14(9-13)15-10-22-18(23-11-15)24-16-2-4-17(5-3-16)30(21,27)28/h2-5,10-11,13-14H,6-9,12H2,1H3,(H,25,26)(H2,21,27,28)(H,22,23,24)/t13-,14+. The van der Waals surface area contributed by atoms with Crippen LogP contribution in [-0.4, -0.2) is 36.6 Å². The highest BCUT2D eigenvalue weighted by Crippen LogP contribution is 2.41. The number of rotatable bonds is 7. The number of nitrogens with zero attached hydrogens (tertiary/aromatic N) is 2. The van der Waals surface area contributed by atoms with E-state index < -0.39 is 10.0 Å². The van der Waals surface area contributed by atoms with Crippen molar-refractivity contribution in [2.24, 2.45) is 11.1 Å². The molecule has 4 rings (SSSR count). The quantitative estimate of drug-likeness (QED) is 0.613. The number of amides is 1. The number of primary sulfonamides is 1. The molecule has 0 saturated heterocycles. The van der Waals surface area contributed by atoms with Gasteiger partial charge in [0.05, 0.1) is 11.5 Å². The van der Waals surface area contributed by atoms with Gasteiger partial charge in [0.15, 0.2) is 0 Å². The molecule has 2 aromatic rings. The first-order valence-electron chi connectivity index (χ1n) is 9.87. The largest absolute Gasteiger partial charge is 0.449 e. The summed E-state index contributed by atoms with van der Waals surface area (Å²) in [6.45, 7) is 2.46. The maximum Gasteiger partial charge on any atom is 0.407 e. The molecule has 0 unspecified atom stereocenters. The molecule has 30 heavy (non-hydrogen) atoms. The molecule has 2 aliphatic rings. The van der Waals surface area contributed by atoms with Gasteiger partial charge in [-0.15, -0.1) is 0 Å². The number of hydrogen-bond acceptors (Lipinski definition) is 7. The second kappa shape index (κ2) is 7.84. The lowest BCUT2D eigenvalue weighted by molar-refractivity contribution is 0.0918. The van der Waals surface area contributed by atoms with Gasteiger partial charge in [-0.25, -0.2) is 28.3 Å². The average Bonchev–Trinajstić information content (AvgIpc) is 3.38. The van der Waals surface area contributed by atoms with Crippen LogP contribution in [-0.2, 0) is 14.8 Å². The van der Waals surface area contributed by atoms with E-state index in [9.17, 15) is 13.2 Å². The normalized spacial score (nSPS) is 21.9. The van der Waals surface area contributed by atoms with Crippen LogP contribution in [0.4, 0.5) is 16.4 Å². The summed E-state index contributed by atoms with van der Waals surface area (Å²) in [5.41, 5.74) is 1.65. The van der Waals surface area contributed by atoms with E-state index in [0.29, 0.717) is 30.1 Å². The van der Waals surface area contributed by atoms with Gasteiger partial charge in [0.1, 0.15) is 0 Å². The summed E-state index contributed by atoms with van der Waals surface area (Å²) in [7, 11) is -3.71. The first-order chi connectivity index (χ1) is 14.2. The lowest BCUT2D eigenvalue weighted by Crippen LogP contribution is -2.36. The molecule has 0 radical (unpaired) electrons. The number of aromatic nitrogens is 2. The van der Waals surface area contributed by atoms with Crippen LogP contribution in [0.1, 0.15) is 44.1 Å². The molecule has 160 valence electrons. The third kappa shape index (κ3) is 5.06. The van der Waals surface area contributed by atoms with E-state index in [1.165, 1.54) is 12.1 Å². The molecule has 1 aromatic carbocycles. The third-order valence-electron chi connectivity index (χ3n) is 5.67. The van der Waals surface area contributed by atoms with Crippen molar-refractivity contribution >= 4 is 27.8 Å². The number of carbonyl (C=O) groups is 1. The fourth-order valence-corrected chi connectivity index (χ4v) is 3.92. The molecule has 0 spiro atoms. The topological polar surface area (TPSA) is 136 Å². The molecule has 0 bridgehead atoms. The molecule has 9 nitrogen and oxygen atoms in total. The molecule has 2 saturated carbocycles. The van der Waals surface area contributed by atoms with E-state index in [4.69, 9.17) is 9.88 Å². The fraction of sp³-hybridized carbons (Fsp3) is 0.450. The summed E-state index contributed by atoms with van der Waals surface area (Å²) >= 11 is 0. The van der Waals surface area contributed by atoms with Gasteiger partial charge in [0.25, 0.3) is 0 Å². The van der Waals surface area contributed by atoms with E-state index in [1.54, 1.807) is 24.5 Å². The molecule has 1 heterocycles. The number of nitrogens with one attached hydrogen (secondary N) is 2. The summed E-state index contributed by atoms with van der Waals surface area (Å²) in [6.07, 6.45) is 7.16. The molecule has 4 N–H and O–H groups in total. The smallest absolute Gasteiger partial charge is 0.407 e. The zero-order valence-corrected chi connectivity index (χ0v) is 17.5. The zero-order valence-electron chi connectivity index (χ0n) is 16.7. The molecular weight excluding hydrogens is 406 g/mol. The first kappa shape index (κ1) is 20.5. The van der Waals surface area contributed by atoms with Crippen molar-refractivity contribution in [1.82, 2.24) is 15.3 Å². The highest BCUT2D eigenvalue weighted by Gasteiger charge is 2.39. The summed E-state index contributed by atoms with van der Waals surface area (Å²) in [6, 6.07) is 6.06. The summed E-state index contributed by atoms with van der Waals surface area (Å²) in [5.74, 6) is 1.15. The predicted molar refractivity (Wildman–Crippen MR) is 111 cm³/mol. The number of alkyl carbamates (subject to hydrolysis) is 1. The molecule has 2 aliphatic carbocycles. The van der Waals surface area contributed by atoms with Gasteiger partial charge >= 0.3 is 6.09 Å². The van der Waals surface area contributed by atoms with Crippen molar-refractivity contribution < 1.29 is 17.9 Å². The molecule has 0 aliphatic heterocycles. The lowest BCUT2D eigenvalue weighted by Gasteiger charge is -2.34. The van der Waals surface area contributed by atoms with Crippen LogP contribution in [0.5, 0.6) is 0 Å². The minimum atomic E-state index is -3.71. The van der Waals surface area contributed by atoms with Gasteiger partial charge < -0.3 is 15.4 Å². The summed E-state index contributed by atoms with van der Waals surface area (Å²) < 4.78 is 27.9. The van der Waals surface area contributed by atoms with Gasteiger partial charge in [-0.2, -0.15) is 0 Å². The van der Waals surface area contributed by atoms with Crippen LogP contribution in [0.15, 0.2) is 41.6 Å². The van der Waals surface area contributed by atoms with Crippen LogP contribution in [0.3, 0.4) is 0 Å². The number of ether oxygens (including phenoxy) is 1. The molecule has 1 amide bonds. The Hall–Kier alpha value is -2.72. The average molecular weight is 432 g/mol. The van der Waals surface area contributed by atoms with Crippen molar-refractivity contribution in [3.8, 4) is 0 Å². The SMILES string of the molecule is CC1(NC(=O)OC[C@H]2C[C@@H](c3cnc(Nc4ccc(S(N)(=O)=O)cc4)nc3)C2)CC1. The van der Waals surface area contributed by atoms with Crippen molar-refractivity contribution in [2.45, 2.75) is 49.0 Å². The van der Waals surface area contributed by atoms with E-state index >= 15 is 0 Å². The van der Waals surface area contributed by atoms with Crippen LogP contribution in [0.2, 0.25) is 0 Å². The van der Waals surface area contributed by atoms with E-state index in [0.717, 1.165) is 31.2 Å². The number of carbonyl (C=O) groups excluding carboxylic acids is 1. The Morgan fingerprint density at radius 2 is 1.83 bits per heavy atom. The minimum Gasteiger partial charge on any atom is -0.449 e. The maximum absolute atomic E-state index is 11.8. The fourth-order valence-electron chi connectivity index (χ4n) is 3.40. The van der Waals surface area contributed by atoms with Crippen molar-refractivity contribution in [3.05, 3.63) is 42.2 Å². The lowest BCUT2D eigenvalue weighted by atomic mass is 9.72. The second-order valence-corrected chi connectivity index (χ2v) is 9.91. The Morgan fingerprint density at radius 1 is 1.20 bits per heavy atom. The molecule has 0 atom stereocenters. The number of anilines is 2. The molecule has 1 aromatic heterocycles. The number of sulfonamides is 1. The molecule has 10 heteroatoms. The highest BCUT2D eigenvalue weighted by atomic mass is 32.2. The van der Waals surface area contributed by atoms with Crippen molar-refractivity contribution in [1.29, 1.82) is 0 Å². The number of nitrogens with two attached hydrogens (primary N) is 1. The minimum absolute atomic E-state index is 0.0482. The monoisotopic (exact) mass is 431 g/mol. The van der Waals surface area contributed by atoms with Crippen molar-refractivity contribution in [3.63, 3.8) is 0 Å². The van der Waals surface area contributed by atoms with Crippen LogP contribution in [0.25, 0.3) is 0 Å². The van der Waals surface area contributed by atoms with E-state index in [1.807, 2.05) is 6.92 Å². The first-order valence-corrected chi connectivity index (χ1v) is 11.4. The maximum atomic E-state index is 11.8. The molecule has 2 fully saturated rings. The Kier molecular flexibility index (Phi) is 5.37. The summed E-state index contributed by atoms with van der Waals surface area (Å²) in [4.78, 5) is 20.5. The van der Waals surface area contributed by atoms with Gasteiger partial charge in [0, 0.05) is 23.6 Å². The van der Waals surface area contributed by atoms with Crippen LogP contribution >= 0.6 is 0 Å². The predicted octanol–water partition coefficient (Wildman–Crippen LogP) is 2.64. The van der Waals surface area contributed by atoms with Gasteiger partial charge in [-0.1, -0.05) is 0 Å². The van der Waals surface area contributed by atoms with Gasteiger partial charge in [0.2, 0.25) is 16.0 Å². The van der Waals surface area contributed by atoms with Gasteiger partial charge in [-0.05, 0) is 74.3 Å². The second-order valence-electron chi connectivity index (χ2n) is 8.35. The van der Waals surface area contributed by atoms with Gasteiger partial charge in [-0.3, -0.25) is 0 Å². The van der Waals surface area contributed by atoms with Crippen LogP contribution < -0.4 is 15.8 Å². The third-order valence-corrected chi connectivity index (χ3v) is 6.60. The van der Waals surface area contributed by atoms with Crippen molar-refractivity contribution in [2.75, 3.05) is 11.9 Å². The Morgan fingerprint density at radius 3 is 2.40 bits per heavy atom. The Labute approximate surface area is 175 Å².